The molecule has 0 spiro atoms. The second-order valence-electron chi connectivity index (χ2n) is 4.81. The largest absolute Gasteiger partial charge is 0.348 e. The van der Waals surface area contributed by atoms with E-state index in [4.69, 9.17) is 5.26 Å². The summed E-state index contributed by atoms with van der Waals surface area (Å²) in [6.45, 7) is 4.40. The summed E-state index contributed by atoms with van der Waals surface area (Å²) in [5.41, 5.74) is 4.41. The summed E-state index contributed by atoms with van der Waals surface area (Å²) >= 11 is 0. The standard InChI is InChI=1S/C17H16N2O/c1-12-3-8-16(13(2)9-12)17(20)19-11-15-6-4-14(10-18)5-7-15/h3-9H,11H2,1-2H3,(H,19,20). The zero-order valence-electron chi connectivity index (χ0n) is 11.6. The lowest BCUT2D eigenvalue weighted by Crippen LogP contribution is -2.23. The van der Waals surface area contributed by atoms with E-state index in [-0.39, 0.29) is 5.91 Å². The van der Waals surface area contributed by atoms with E-state index in [1.807, 2.05) is 44.2 Å². The summed E-state index contributed by atoms with van der Waals surface area (Å²) in [5.74, 6) is -0.0770. The van der Waals surface area contributed by atoms with Gasteiger partial charge in [-0.2, -0.15) is 5.26 Å². The van der Waals surface area contributed by atoms with Gasteiger partial charge in [0, 0.05) is 12.1 Å². The minimum Gasteiger partial charge on any atom is -0.348 e. The molecule has 2 aromatic rings. The smallest absolute Gasteiger partial charge is 0.251 e. The van der Waals surface area contributed by atoms with Gasteiger partial charge in [0.25, 0.3) is 5.91 Å². The molecule has 20 heavy (non-hydrogen) atoms. The zero-order valence-corrected chi connectivity index (χ0v) is 11.6. The number of aryl methyl sites for hydroxylation is 2. The van der Waals surface area contributed by atoms with E-state index in [0.29, 0.717) is 17.7 Å². The Morgan fingerprint density at radius 1 is 1.15 bits per heavy atom. The molecule has 0 atom stereocenters. The topological polar surface area (TPSA) is 52.9 Å². The first kappa shape index (κ1) is 13.8. The average molecular weight is 264 g/mol. The Bertz CT molecular complexity index is 666. The quantitative estimate of drug-likeness (QED) is 0.926. The second-order valence-corrected chi connectivity index (χ2v) is 4.81. The van der Waals surface area contributed by atoms with Crippen molar-refractivity contribution in [3.05, 3.63) is 70.3 Å². The first-order chi connectivity index (χ1) is 9.60. The molecular weight excluding hydrogens is 248 g/mol. The van der Waals surface area contributed by atoms with Gasteiger partial charge in [-0.1, -0.05) is 29.8 Å². The van der Waals surface area contributed by atoms with Crippen LogP contribution in [0.2, 0.25) is 0 Å². The molecule has 0 bridgehead atoms. The Kier molecular flexibility index (Phi) is 4.17. The summed E-state index contributed by atoms with van der Waals surface area (Å²) in [6, 6.07) is 15.0. The van der Waals surface area contributed by atoms with Gasteiger partial charge in [-0.15, -0.1) is 0 Å². The van der Waals surface area contributed by atoms with Crippen LogP contribution in [0.4, 0.5) is 0 Å². The number of hydrogen-bond acceptors (Lipinski definition) is 2. The number of amides is 1. The third kappa shape index (κ3) is 3.24. The number of nitrogens with zero attached hydrogens (tertiary/aromatic N) is 1. The maximum Gasteiger partial charge on any atom is 0.251 e. The molecule has 0 saturated heterocycles. The molecular formula is C17H16N2O. The van der Waals surface area contributed by atoms with Crippen molar-refractivity contribution < 1.29 is 4.79 Å². The molecule has 0 aliphatic rings. The van der Waals surface area contributed by atoms with Crippen LogP contribution in [0.15, 0.2) is 42.5 Å². The molecule has 100 valence electrons. The molecule has 0 aliphatic carbocycles. The highest BCUT2D eigenvalue weighted by atomic mass is 16.1. The fourth-order valence-electron chi connectivity index (χ4n) is 2.04. The monoisotopic (exact) mass is 264 g/mol. The van der Waals surface area contributed by atoms with Crippen molar-refractivity contribution >= 4 is 5.91 Å². The van der Waals surface area contributed by atoms with Crippen molar-refractivity contribution in [3.63, 3.8) is 0 Å². The number of nitrogens with one attached hydrogen (secondary N) is 1. The van der Waals surface area contributed by atoms with Crippen molar-refractivity contribution in [1.29, 1.82) is 5.26 Å². The van der Waals surface area contributed by atoms with E-state index in [1.54, 1.807) is 12.1 Å². The average Bonchev–Trinajstić information content (AvgIpc) is 2.45. The zero-order chi connectivity index (χ0) is 14.5. The van der Waals surface area contributed by atoms with Crippen LogP contribution in [-0.4, -0.2) is 5.91 Å². The Morgan fingerprint density at radius 2 is 1.85 bits per heavy atom. The molecule has 0 unspecified atom stereocenters. The van der Waals surface area contributed by atoms with Crippen LogP contribution in [-0.2, 0) is 6.54 Å². The van der Waals surface area contributed by atoms with E-state index in [9.17, 15) is 4.79 Å². The highest BCUT2D eigenvalue weighted by Gasteiger charge is 2.08. The van der Waals surface area contributed by atoms with Crippen molar-refractivity contribution in [3.8, 4) is 6.07 Å². The number of benzene rings is 2. The normalized spacial score (nSPS) is 9.85. The Morgan fingerprint density at radius 3 is 2.45 bits per heavy atom. The molecule has 0 aromatic heterocycles. The number of nitriles is 1. The molecule has 2 rings (SSSR count). The van der Waals surface area contributed by atoms with Gasteiger partial charge in [-0.3, -0.25) is 4.79 Å². The molecule has 0 heterocycles. The first-order valence-electron chi connectivity index (χ1n) is 6.44. The van der Waals surface area contributed by atoms with Crippen molar-refractivity contribution in [1.82, 2.24) is 5.32 Å². The lowest BCUT2D eigenvalue weighted by Gasteiger charge is -2.08. The molecule has 2 aromatic carbocycles. The first-order valence-corrected chi connectivity index (χ1v) is 6.44. The number of carbonyl (C=O) groups excluding carboxylic acids is 1. The van der Waals surface area contributed by atoms with E-state index in [2.05, 4.69) is 11.4 Å². The van der Waals surface area contributed by atoms with Crippen LogP contribution in [0.25, 0.3) is 0 Å². The Labute approximate surface area is 118 Å². The maximum absolute atomic E-state index is 12.1. The number of rotatable bonds is 3. The molecule has 0 fully saturated rings. The van der Waals surface area contributed by atoms with Gasteiger partial charge in [0.2, 0.25) is 0 Å². The van der Waals surface area contributed by atoms with E-state index in [0.717, 1.165) is 16.7 Å². The highest BCUT2D eigenvalue weighted by molar-refractivity contribution is 5.95. The van der Waals surface area contributed by atoms with Gasteiger partial charge in [-0.25, -0.2) is 0 Å². The number of carbonyl (C=O) groups is 1. The van der Waals surface area contributed by atoms with Crippen LogP contribution in [0, 0.1) is 25.2 Å². The van der Waals surface area contributed by atoms with E-state index in [1.165, 1.54) is 0 Å². The summed E-state index contributed by atoms with van der Waals surface area (Å²) < 4.78 is 0. The van der Waals surface area contributed by atoms with Crippen LogP contribution in [0.3, 0.4) is 0 Å². The fraction of sp³-hybridized carbons (Fsp3) is 0.176. The van der Waals surface area contributed by atoms with Crippen LogP contribution >= 0.6 is 0 Å². The van der Waals surface area contributed by atoms with E-state index >= 15 is 0 Å². The summed E-state index contributed by atoms with van der Waals surface area (Å²) in [5, 5.41) is 11.6. The lowest BCUT2D eigenvalue weighted by molar-refractivity contribution is 0.0950. The van der Waals surface area contributed by atoms with Gasteiger partial charge in [0.05, 0.1) is 11.6 Å². The SMILES string of the molecule is Cc1ccc(C(=O)NCc2ccc(C#N)cc2)c(C)c1. The van der Waals surface area contributed by atoms with Crippen molar-refractivity contribution in [2.45, 2.75) is 20.4 Å². The van der Waals surface area contributed by atoms with Gasteiger partial charge < -0.3 is 5.32 Å². The maximum atomic E-state index is 12.1. The van der Waals surface area contributed by atoms with Gasteiger partial charge in [-0.05, 0) is 43.2 Å². The van der Waals surface area contributed by atoms with Gasteiger partial charge in [0.1, 0.15) is 0 Å². The van der Waals surface area contributed by atoms with Crippen molar-refractivity contribution in [2.24, 2.45) is 0 Å². The minimum atomic E-state index is -0.0770. The van der Waals surface area contributed by atoms with Gasteiger partial charge >= 0.3 is 0 Å². The minimum absolute atomic E-state index is 0.0770. The molecule has 0 saturated carbocycles. The Balaban J connectivity index is 2.03. The summed E-state index contributed by atoms with van der Waals surface area (Å²) in [7, 11) is 0. The predicted molar refractivity (Wildman–Crippen MR) is 78.2 cm³/mol. The van der Waals surface area contributed by atoms with Crippen LogP contribution < -0.4 is 5.32 Å². The third-order valence-corrected chi connectivity index (χ3v) is 3.16. The lowest BCUT2D eigenvalue weighted by atomic mass is 10.1. The summed E-state index contributed by atoms with van der Waals surface area (Å²) in [6.07, 6.45) is 0. The molecule has 3 heteroatoms. The van der Waals surface area contributed by atoms with Gasteiger partial charge in [0.15, 0.2) is 0 Å². The molecule has 3 nitrogen and oxygen atoms in total. The van der Waals surface area contributed by atoms with Crippen LogP contribution in [0.5, 0.6) is 0 Å². The molecule has 1 N–H and O–H groups in total. The predicted octanol–water partition coefficient (Wildman–Crippen LogP) is 3.11. The second kappa shape index (κ2) is 6.03. The fourth-order valence-corrected chi connectivity index (χ4v) is 2.04. The Hall–Kier alpha value is -2.60. The molecule has 0 radical (unpaired) electrons. The molecule has 1 amide bonds. The highest BCUT2D eigenvalue weighted by Crippen LogP contribution is 2.11. The molecule has 0 aliphatic heterocycles. The number of hydrogen-bond donors (Lipinski definition) is 1. The van der Waals surface area contributed by atoms with Crippen molar-refractivity contribution in [2.75, 3.05) is 0 Å². The third-order valence-electron chi connectivity index (χ3n) is 3.16. The van der Waals surface area contributed by atoms with Crippen LogP contribution in [0.1, 0.15) is 32.6 Å². The van der Waals surface area contributed by atoms with E-state index < -0.39 is 0 Å². The summed E-state index contributed by atoms with van der Waals surface area (Å²) in [4.78, 5) is 12.1.